The smallest absolute Gasteiger partial charge is 0.248 e. The van der Waals surface area contributed by atoms with E-state index in [0.29, 0.717) is 23.6 Å². The Labute approximate surface area is 487 Å². The molecule has 0 fully saturated rings. The van der Waals surface area contributed by atoms with Crippen molar-refractivity contribution < 1.29 is 8.83 Å². The molecule has 0 atom stereocenters. The van der Waals surface area contributed by atoms with Crippen LogP contribution < -0.4 is 9.80 Å². The van der Waals surface area contributed by atoms with Crippen molar-refractivity contribution >= 4 is 34.1 Å². The lowest BCUT2D eigenvalue weighted by Crippen LogP contribution is -2.09. The van der Waals surface area contributed by atoms with Crippen LogP contribution in [0.4, 0.5) is 34.1 Å². The highest BCUT2D eigenvalue weighted by Crippen LogP contribution is 2.44. The molecule has 0 saturated heterocycles. The number of rotatable bonds is 15. The van der Waals surface area contributed by atoms with Gasteiger partial charge in [0.15, 0.2) is 0 Å². The zero-order valence-electron chi connectivity index (χ0n) is 45.5. The second kappa shape index (κ2) is 22.9. The predicted molar refractivity (Wildman–Crippen MR) is 340 cm³/mol. The van der Waals surface area contributed by atoms with Crippen LogP contribution in [0.15, 0.2) is 324 Å². The van der Waals surface area contributed by atoms with Crippen LogP contribution in [0.25, 0.3) is 101 Å². The zero-order chi connectivity index (χ0) is 56.0. The molecule has 14 aromatic rings. The molecule has 0 aliphatic heterocycles. The number of nitrogens with zero attached hydrogens (tertiary/aromatic N) is 6. The minimum Gasteiger partial charge on any atom is -0.416 e. The summed E-state index contributed by atoms with van der Waals surface area (Å²) in [5.74, 6) is 1.61. The van der Waals surface area contributed by atoms with E-state index < -0.39 is 0 Å². The van der Waals surface area contributed by atoms with E-state index in [4.69, 9.17) is 19.0 Å². The minimum absolute atomic E-state index is 0.379. The average molecular weight is 1080 g/mol. The maximum atomic E-state index is 6.60. The summed E-state index contributed by atoms with van der Waals surface area (Å²) in [6, 6.07) is 109. The Morgan fingerprint density at radius 2 is 0.405 bits per heavy atom. The molecule has 8 nitrogen and oxygen atoms in total. The molecule has 0 bridgehead atoms. The summed E-state index contributed by atoms with van der Waals surface area (Å²) >= 11 is 0. The molecule has 12 aromatic carbocycles. The number of hydrogen-bond donors (Lipinski definition) is 0. The van der Waals surface area contributed by atoms with Gasteiger partial charge < -0.3 is 18.6 Å². The summed E-state index contributed by atoms with van der Waals surface area (Å²) in [6.07, 6.45) is 0. The Bertz CT molecular complexity index is 4110. The normalized spacial score (nSPS) is 11.1. The minimum atomic E-state index is 0.379. The summed E-state index contributed by atoms with van der Waals surface area (Å²) in [4.78, 5) is 4.54. The Kier molecular flexibility index (Phi) is 13.9. The Balaban J connectivity index is 0.813. The quantitative estimate of drug-likeness (QED) is 0.100. The predicted octanol–water partition coefficient (Wildman–Crippen LogP) is 20.4. The molecule has 398 valence electrons. The van der Waals surface area contributed by atoms with E-state index in [1.165, 1.54) is 0 Å². The van der Waals surface area contributed by atoms with Crippen LogP contribution >= 0.6 is 0 Å². The first-order chi connectivity index (χ1) is 41.6. The van der Waals surface area contributed by atoms with Gasteiger partial charge in [0.25, 0.3) is 0 Å². The molecule has 0 saturated carbocycles. The molecular weight excluding hydrogens is 1030 g/mol. The lowest BCUT2D eigenvalue weighted by atomic mass is 9.89. The molecule has 0 unspecified atom stereocenters. The van der Waals surface area contributed by atoms with Crippen LogP contribution in [0, 0.1) is 0 Å². The van der Waals surface area contributed by atoms with E-state index in [1.807, 2.05) is 84.9 Å². The number of aromatic nitrogens is 4. The van der Waals surface area contributed by atoms with Crippen LogP contribution in [0.3, 0.4) is 0 Å². The summed E-state index contributed by atoms with van der Waals surface area (Å²) in [5, 5.41) is 18.6. The molecule has 84 heavy (non-hydrogen) atoms. The highest BCUT2D eigenvalue weighted by Gasteiger charge is 2.23. The summed E-state index contributed by atoms with van der Waals surface area (Å²) in [5.41, 5.74) is 19.9. The standard InChI is InChI=1S/C76H52N6O2/c1-7-19-59(20-8-1)73-77-79-75(83-73)71-51-61(57-35-31-53(32-36-57)55-39-45-67(46-40-55)81(63-23-11-3-12-24-63)64-25-13-4-14-26-64)43-49-69(71)70-50-44-62(52-72(70)76-80-78-74(84-76)60-21-9-2-10-22-60)58-37-33-54(34-38-58)56-41-47-68(48-42-56)82(65-27-15-5-16-28-65)66-29-17-6-18-30-66/h1-52H. The lowest BCUT2D eigenvalue weighted by molar-refractivity contribution is 0.583. The third-order valence-corrected chi connectivity index (χ3v) is 15.1. The molecule has 0 N–H and O–H groups in total. The van der Waals surface area contributed by atoms with Gasteiger partial charge in [-0.05, 0) is 165 Å². The van der Waals surface area contributed by atoms with Crippen molar-refractivity contribution in [1.29, 1.82) is 0 Å². The van der Waals surface area contributed by atoms with Crippen molar-refractivity contribution in [1.82, 2.24) is 20.4 Å². The lowest BCUT2D eigenvalue weighted by Gasteiger charge is -2.25. The van der Waals surface area contributed by atoms with E-state index in [1.54, 1.807) is 0 Å². The van der Waals surface area contributed by atoms with E-state index in [-0.39, 0.29) is 0 Å². The monoisotopic (exact) mass is 1080 g/mol. The first-order valence-electron chi connectivity index (χ1n) is 27.9. The van der Waals surface area contributed by atoms with Crippen LogP contribution in [-0.4, -0.2) is 20.4 Å². The van der Waals surface area contributed by atoms with Gasteiger partial charge in [-0.2, -0.15) is 0 Å². The summed E-state index contributed by atoms with van der Waals surface area (Å²) < 4.78 is 13.2. The van der Waals surface area contributed by atoms with Crippen LogP contribution in [0.1, 0.15) is 0 Å². The van der Waals surface area contributed by atoms with E-state index in [0.717, 1.165) is 112 Å². The molecule has 0 spiro atoms. The second-order valence-electron chi connectivity index (χ2n) is 20.3. The maximum Gasteiger partial charge on any atom is 0.248 e. The second-order valence-corrected chi connectivity index (χ2v) is 20.3. The first-order valence-corrected chi connectivity index (χ1v) is 27.9. The molecule has 0 amide bonds. The first kappa shape index (κ1) is 50.7. The van der Waals surface area contributed by atoms with Gasteiger partial charge in [-0.1, -0.05) is 206 Å². The molecule has 2 aromatic heterocycles. The average Bonchev–Trinajstić information content (AvgIpc) is 4.46. The van der Waals surface area contributed by atoms with Crippen molar-refractivity contribution in [2.45, 2.75) is 0 Å². The highest BCUT2D eigenvalue weighted by molar-refractivity contribution is 5.93. The van der Waals surface area contributed by atoms with Gasteiger partial charge in [0.05, 0.1) is 0 Å². The van der Waals surface area contributed by atoms with Crippen LogP contribution in [-0.2, 0) is 0 Å². The van der Waals surface area contributed by atoms with Crippen molar-refractivity contribution in [3.8, 4) is 101 Å². The van der Waals surface area contributed by atoms with Gasteiger partial charge in [0.1, 0.15) is 0 Å². The summed E-state index contributed by atoms with van der Waals surface area (Å²) in [6.45, 7) is 0. The number of anilines is 6. The van der Waals surface area contributed by atoms with E-state index in [9.17, 15) is 0 Å². The maximum absolute atomic E-state index is 6.60. The topological polar surface area (TPSA) is 84.3 Å². The Morgan fingerprint density at radius 3 is 0.702 bits per heavy atom. The van der Waals surface area contributed by atoms with Gasteiger partial charge in [-0.3, -0.25) is 0 Å². The number of hydrogen-bond acceptors (Lipinski definition) is 8. The molecule has 0 radical (unpaired) electrons. The van der Waals surface area contributed by atoms with Crippen LogP contribution in [0.5, 0.6) is 0 Å². The van der Waals surface area contributed by atoms with Gasteiger partial charge >= 0.3 is 0 Å². The van der Waals surface area contributed by atoms with Crippen LogP contribution in [0.2, 0.25) is 0 Å². The fourth-order valence-corrected chi connectivity index (χ4v) is 10.8. The van der Waals surface area contributed by atoms with Crippen molar-refractivity contribution in [2.75, 3.05) is 9.80 Å². The zero-order valence-corrected chi connectivity index (χ0v) is 45.5. The Hall–Kier alpha value is -11.5. The molecule has 8 heteroatoms. The highest BCUT2D eigenvalue weighted by atomic mass is 16.4. The SMILES string of the molecule is c1ccc(-c2nnc(-c3cc(-c4ccc(-c5ccc(N(c6ccccc6)c6ccccc6)cc5)cc4)ccc3-c3ccc(-c4ccc(-c5ccc(N(c6ccccc6)c6ccccc6)cc5)cc4)cc3-c3nnc(-c4ccccc4)o3)o2)cc1. The third kappa shape index (κ3) is 10.5. The van der Waals surface area contributed by atoms with Gasteiger partial charge in [-0.15, -0.1) is 20.4 Å². The fraction of sp³-hybridized carbons (Fsp3) is 0. The summed E-state index contributed by atoms with van der Waals surface area (Å²) in [7, 11) is 0. The van der Waals surface area contributed by atoms with Crippen molar-refractivity contribution in [3.05, 3.63) is 315 Å². The van der Waals surface area contributed by atoms with Crippen molar-refractivity contribution in [2.24, 2.45) is 0 Å². The van der Waals surface area contributed by atoms with Gasteiger partial charge in [0.2, 0.25) is 23.6 Å². The Morgan fingerprint density at radius 1 is 0.179 bits per heavy atom. The molecule has 14 rings (SSSR count). The third-order valence-electron chi connectivity index (χ3n) is 15.1. The van der Waals surface area contributed by atoms with E-state index in [2.05, 4.69) is 251 Å². The number of para-hydroxylation sites is 4. The molecule has 0 aliphatic carbocycles. The van der Waals surface area contributed by atoms with Gasteiger partial charge in [0, 0.05) is 56.4 Å². The van der Waals surface area contributed by atoms with E-state index >= 15 is 0 Å². The van der Waals surface area contributed by atoms with Gasteiger partial charge in [-0.25, -0.2) is 0 Å². The fourth-order valence-electron chi connectivity index (χ4n) is 10.8. The molecular formula is C76H52N6O2. The van der Waals surface area contributed by atoms with Crippen molar-refractivity contribution in [3.63, 3.8) is 0 Å². The largest absolute Gasteiger partial charge is 0.416 e. The number of benzene rings is 12. The molecule has 0 aliphatic rings. The molecule has 2 heterocycles.